The Bertz CT molecular complexity index is 659. The summed E-state index contributed by atoms with van der Waals surface area (Å²) in [4.78, 5) is 2.95. The van der Waals surface area contributed by atoms with Crippen LogP contribution in [0, 0.1) is 0 Å². The van der Waals surface area contributed by atoms with Gasteiger partial charge in [-0.1, -0.05) is 41.5 Å². The number of rotatable bonds is 0. The fourth-order valence-corrected chi connectivity index (χ4v) is 4.67. The van der Waals surface area contributed by atoms with Gasteiger partial charge in [-0.05, 0) is 45.9 Å². The Hall–Kier alpha value is -0.860. The van der Waals surface area contributed by atoms with Crippen LogP contribution in [0.15, 0.2) is 24.3 Å². The Labute approximate surface area is 129 Å². The topological polar surface area (TPSA) is 0 Å². The lowest BCUT2D eigenvalue weighted by Crippen LogP contribution is -2.07. The van der Waals surface area contributed by atoms with Crippen LogP contribution in [-0.4, -0.2) is 0 Å². The highest BCUT2D eigenvalue weighted by Crippen LogP contribution is 2.40. The van der Waals surface area contributed by atoms with Gasteiger partial charge < -0.3 is 0 Å². The molecule has 0 spiro atoms. The van der Waals surface area contributed by atoms with Crippen molar-refractivity contribution in [1.29, 1.82) is 0 Å². The third-order valence-electron chi connectivity index (χ3n) is 3.63. The van der Waals surface area contributed by atoms with E-state index in [1.54, 1.807) is 0 Å². The molecule has 0 N–H and O–H groups in total. The first-order valence-electron chi connectivity index (χ1n) is 7.13. The molecule has 0 radical (unpaired) electrons. The summed E-state index contributed by atoms with van der Waals surface area (Å²) in [6.07, 6.45) is 0. The van der Waals surface area contributed by atoms with Gasteiger partial charge in [-0.2, -0.15) is 0 Å². The number of thiophene rings is 2. The molecule has 0 fully saturated rings. The Kier molecular flexibility index (Phi) is 3.04. The molecule has 0 aliphatic rings. The molecule has 0 bridgehead atoms. The number of hydrogen-bond donors (Lipinski definition) is 0. The first-order chi connectivity index (χ1) is 9.14. The molecule has 106 valence electrons. The summed E-state index contributed by atoms with van der Waals surface area (Å²) in [5, 5.41) is 2.79. The lowest BCUT2D eigenvalue weighted by molar-refractivity contribution is 0.604. The van der Waals surface area contributed by atoms with Gasteiger partial charge in [0.15, 0.2) is 0 Å². The number of benzene rings is 1. The van der Waals surface area contributed by atoms with Crippen LogP contribution in [0.5, 0.6) is 0 Å². The smallest absolute Gasteiger partial charge is 0.0360 e. The second-order valence-corrected chi connectivity index (χ2v) is 9.82. The normalized spacial score (nSPS) is 13.5. The van der Waals surface area contributed by atoms with Crippen LogP contribution in [-0.2, 0) is 10.8 Å². The molecule has 0 aliphatic heterocycles. The molecule has 20 heavy (non-hydrogen) atoms. The van der Waals surface area contributed by atoms with E-state index in [1.807, 2.05) is 22.7 Å². The maximum Gasteiger partial charge on any atom is 0.0360 e. The highest BCUT2D eigenvalue weighted by Gasteiger charge is 2.19. The monoisotopic (exact) mass is 302 g/mol. The molecule has 3 aromatic rings. The predicted octanol–water partition coefficient (Wildman–Crippen LogP) is 6.71. The van der Waals surface area contributed by atoms with Crippen LogP contribution < -0.4 is 0 Å². The van der Waals surface area contributed by atoms with Crippen molar-refractivity contribution in [2.24, 2.45) is 0 Å². The Morgan fingerprint density at radius 2 is 1.00 bits per heavy atom. The molecule has 0 aliphatic carbocycles. The summed E-state index contributed by atoms with van der Waals surface area (Å²) in [6.45, 7) is 13.7. The van der Waals surface area contributed by atoms with E-state index in [9.17, 15) is 0 Å². The van der Waals surface area contributed by atoms with E-state index < -0.39 is 0 Å². The minimum Gasteiger partial charge on any atom is -0.140 e. The maximum atomic E-state index is 2.38. The van der Waals surface area contributed by atoms with Crippen molar-refractivity contribution in [2.45, 2.75) is 52.4 Å². The zero-order valence-corrected chi connectivity index (χ0v) is 14.8. The highest BCUT2D eigenvalue weighted by atomic mass is 32.1. The second kappa shape index (κ2) is 4.32. The van der Waals surface area contributed by atoms with Gasteiger partial charge in [-0.15, -0.1) is 22.7 Å². The molecule has 3 rings (SSSR count). The molecular weight excluding hydrogens is 280 g/mol. The predicted molar refractivity (Wildman–Crippen MR) is 94.6 cm³/mol. The van der Waals surface area contributed by atoms with E-state index in [1.165, 1.54) is 29.9 Å². The van der Waals surface area contributed by atoms with Gasteiger partial charge in [0.2, 0.25) is 0 Å². The quantitative estimate of drug-likeness (QED) is 0.433. The Balaban J connectivity index is 2.20. The van der Waals surface area contributed by atoms with E-state index in [0.29, 0.717) is 0 Å². The van der Waals surface area contributed by atoms with Crippen molar-refractivity contribution in [1.82, 2.24) is 0 Å². The zero-order valence-electron chi connectivity index (χ0n) is 13.1. The Morgan fingerprint density at radius 1 is 0.600 bits per heavy atom. The average Bonchev–Trinajstić information content (AvgIpc) is 2.85. The van der Waals surface area contributed by atoms with Gasteiger partial charge >= 0.3 is 0 Å². The van der Waals surface area contributed by atoms with Crippen molar-refractivity contribution in [3.05, 3.63) is 34.0 Å². The van der Waals surface area contributed by atoms with Gasteiger partial charge in [0.05, 0.1) is 0 Å². The summed E-state index contributed by atoms with van der Waals surface area (Å²) in [5.41, 5.74) is 0.487. The van der Waals surface area contributed by atoms with Crippen LogP contribution in [0.4, 0.5) is 0 Å². The van der Waals surface area contributed by atoms with Gasteiger partial charge in [-0.3, -0.25) is 0 Å². The van der Waals surface area contributed by atoms with Crippen molar-refractivity contribution < 1.29 is 0 Å². The van der Waals surface area contributed by atoms with E-state index in [4.69, 9.17) is 0 Å². The molecular formula is C18H22S2. The fourth-order valence-electron chi connectivity index (χ4n) is 2.32. The maximum absolute atomic E-state index is 2.38. The van der Waals surface area contributed by atoms with E-state index in [2.05, 4.69) is 65.8 Å². The number of hydrogen-bond acceptors (Lipinski definition) is 2. The molecule has 0 unspecified atom stereocenters. The van der Waals surface area contributed by atoms with Crippen LogP contribution in [0.2, 0.25) is 0 Å². The van der Waals surface area contributed by atoms with E-state index >= 15 is 0 Å². The van der Waals surface area contributed by atoms with Crippen LogP contribution in [0.3, 0.4) is 0 Å². The van der Waals surface area contributed by atoms with Crippen LogP contribution in [0.25, 0.3) is 20.2 Å². The standard InChI is InChI=1S/C18H22S2/c1-17(2,3)15-8-11-7-12-9-16(18(4,5)6)20-14(12)10-13(11)19-15/h7-10H,1-6H3. The van der Waals surface area contributed by atoms with E-state index in [-0.39, 0.29) is 10.8 Å². The molecule has 0 saturated carbocycles. The minimum atomic E-state index is 0.244. The summed E-state index contributed by atoms with van der Waals surface area (Å²) in [7, 11) is 0. The average molecular weight is 303 g/mol. The molecule has 0 atom stereocenters. The fraction of sp³-hybridized carbons (Fsp3) is 0.444. The van der Waals surface area contributed by atoms with Crippen LogP contribution in [0.1, 0.15) is 51.3 Å². The lowest BCUT2D eigenvalue weighted by atomic mass is 9.94. The molecule has 0 nitrogen and oxygen atoms in total. The van der Waals surface area contributed by atoms with Gasteiger partial charge in [-0.25, -0.2) is 0 Å². The van der Waals surface area contributed by atoms with E-state index in [0.717, 1.165) is 0 Å². The SMILES string of the molecule is CC(C)(C)c1cc2cc3cc(C(C)(C)C)sc3cc2s1. The largest absolute Gasteiger partial charge is 0.140 e. The molecule has 0 amide bonds. The van der Waals surface area contributed by atoms with Gasteiger partial charge in [0, 0.05) is 19.2 Å². The Morgan fingerprint density at radius 3 is 1.35 bits per heavy atom. The van der Waals surface area contributed by atoms with Crippen LogP contribution >= 0.6 is 22.7 Å². The molecule has 2 heteroatoms. The first kappa shape index (κ1) is 14.1. The third-order valence-corrected chi connectivity index (χ3v) is 6.68. The first-order valence-corrected chi connectivity index (χ1v) is 8.76. The summed E-state index contributed by atoms with van der Waals surface area (Å²) in [6, 6.07) is 9.48. The second-order valence-electron chi connectivity index (χ2n) is 7.65. The van der Waals surface area contributed by atoms with Crippen molar-refractivity contribution >= 4 is 42.8 Å². The molecule has 2 heterocycles. The van der Waals surface area contributed by atoms with Crippen molar-refractivity contribution in [3.63, 3.8) is 0 Å². The molecule has 1 aromatic carbocycles. The summed E-state index contributed by atoms with van der Waals surface area (Å²) < 4.78 is 2.84. The van der Waals surface area contributed by atoms with Gasteiger partial charge in [0.1, 0.15) is 0 Å². The zero-order chi connectivity index (χ0) is 14.7. The van der Waals surface area contributed by atoms with Gasteiger partial charge in [0.25, 0.3) is 0 Å². The summed E-state index contributed by atoms with van der Waals surface area (Å²) >= 11 is 3.88. The summed E-state index contributed by atoms with van der Waals surface area (Å²) in [5.74, 6) is 0. The van der Waals surface area contributed by atoms with Crippen molar-refractivity contribution in [2.75, 3.05) is 0 Å². The number of fused-ring (bicyclic) bond motifs is 2. The third kappa shape index (κ3) is 2.40. The lowest BCUT2D eigenvalue weighted by Gasteiger charge is -2.15. The minimum absolute atomic E-state index is 0.244. The molecule has 0 saturated heterocycles. The molecule has 2 aromatic heterocycles. The highest BCUT2D eigenvalue weighted by molar-refractivity contribution is 7.21. The van der Waals surface area contributed by atoms with Crippen molar-refractivity contribution in [3.8, 4) is 0 Å².